The maximum absolute atomic E-state index is 7.73. The average molecular weight is 278 g/mol. The van der Waals surface area contributed by atoms with Crippen LogP contribution in [0.5, 0.6) is 0 Å². The number of rotatable bonds is 4. The molecule has 18 heavy (non-hydrogen) atoms. The first kappa shape index (κ1) is 13.0. The molecule has 6 heteroatoms. The summed E-state index contributed by atoms with van der Waals surface area (Å²) in [4.78, 5) is 6.25. The zero-order valence-corrected chi connectivity index (χ0v) is 11.8. The maximum Gasteiger partial charge on any atom is 0.172 e. The molecule has 0 unspecified atom stereocenters. The zero-order chi connectivity index (χ0) is 13.1. The zero-order valence-electron chi connectivity index (χ0n) is 10.2. The maximum atomic E-state index is 7.73. The molecule has 2 rings (SSSR count). The number of benzene rings is 1. The predicted octanol–water partition coefficient (Wildman–Crippen LogP) is 2.58. The van der Waals surface area contributed by atoms with E-state index in [1.807, 2.05) is 42.3 Å². The summed E-state index contributed by atoms with van der Waals surface area (Å²) in [6, 6.07) is 5.92. The summed E-state index contributed by atoms with van der Waals surface area (Å²) < 4.78 is 1.94. The van der Waals surface area contributed by atoms with Crippen molar-refractivity contribution >= 4 is 29.4 Å². The SMILES string of the molecule is CSc1cccc(Sc2nccn2C)c1C(=N)N. The second kappa shape index (κ2) is 5.49. The van der Waals surface area contributed by atoms with E-state index in [0.29, 0.717) is 0 Å². The van der Waals surface area contributed by atoms with Crippen LogP contribution in [0.4, 0.5) is 0 Å². The highest BCUT2D eigenvalue weighted by molar-refractivity contribution is 7.99. The second-order valence-electron chi connectivity index (χ2n) is 3.67. The van der Waals surface area contributed by atoms with Crippen LogP contribution in [0.3, 0.4) is 0 Å². The first-order valence-electron chi connectivity index (χ1n) is 5.30. The molecule has 0 atom stereocenters. The van der Waals surface area contributed by atoms with Crippen molar-refractivity contribution in [1.82, 2.24) is 9.55 Å². The Labute approximate surface area is 114 Å². The van der Waals surface area contributed by atoms with E-state index in [2.05, 4.69) is 4.98 Å². The van der Waals surface area contributed by atoms with E-state index in [1.165, 1.54) is 11.8 Å². The molecule has 0 fully saturated rings. The van der Waals surface area contributed by atoms with Gasteiger partial charge in [-0.1, -0.05) is 17.8 Å². The molecular formula is C12H14N4S2. The number of hydrogen-bond acceptors (Lipinski definition) is 4. The van der Waals surface area contributed by atoms with Gasteiger partial charge >= 0.3 is 0 Å². The lowest BCUT2D eigenvalue weighted by Gasteiger charge is -2.11. The average Bonchev–Trinajstić information content (AvgIpc) is 2.74. The van der Waals surface area contributed by atoms with Crippen LogP contribution in [0.1, 0.15) is 5.56 Å². The molecular weight excluding hydrogens is 264 g/mol. The molecule has 4 nitrogen and oxygen atoms in total. The van der Waals surface area contributed by atoms with Crippen LogP contribution in [0.25, 0.3) is 0 Å². The lowest BCUT2D eigenvalue weighted by molar-refractivity contribution is 0.790. The Morgan fingerprint density at radius 3 is 2.67 bits per heavy atom. The number of aromatic nitrogens is 2. The van der Waals surface area contributed by atoms with Gasteiger partial charge in [-0.25, -0.2) is 4.98 Å². The van der Waals surface area contributed by atoms with Crippen molar-refractivity contribution in [3.8, 4) is 0 Å². The third-order valence-corrected chi connectivity index (χ3v) is 4.37. The van der Waals surface area contributed by atoms with Crippen LogP contribution in [0.2, 0.25) is 0 Å². The Morgan fingerprint density at radius 1 is 1.39 bits per heavy atom. The summed E-state index contributed by atoms with van der Waals surface area (Å²) in [6.07, 6.45) is 5.64. The lowest BCUT2D eigenvalue weighted by Crippen LogP contribution is -2.13. The molecule has 1 heterocycles. The molecule has 94 valence electrons. The van der Waals surface area contributed by atoms with Crippen molar-refractivity contribution in [2.24, 2.45) is 12.8 Å². The van der Waals surface area contributed by atoms with Gasteiger partial charge in [0.25, 0.3) is 0 Å². The molecule has 0 aliphatic heterocycles. The number of thioether (sulfide) groups is 1. The Morgan fingerprint density at radius 2 is 2.11 bits per heavy atom. The molecule has 3 N–H and O–H groups in total. The van der Waals surface area contributed by atoms with Crippen molar-refractivity contribution in [3.05, 3.63) is 36.2 Å². The van der Waals surface area contributed by atoms with Crippen molar-refractivity contribution in [2.75, 3.05) is 6.26 Å². The van der Waals surface area contributed by atoms with Crippen LogP contribution in [0, 0.1) is 5.41 Å². The van der Waals surface area contributed by atoms with Crippen molar-refractivity contribution < 1.29 is 0 Å². The first-order chi connectivity index (χ1) is 8.63. The predicted molar refractivity (Wildman–Crippen MR) is 76.6 cm³/mol. The largest absolute Gasteiger partial charge is 0.384 e. The summed E-state index contributed by atoms with van der Waals surface area (Å²) >= 11 is 3.12. The van der Waals surface area contributed by atoms with E-state index in [4.69, 9.17) is 11.1 Å². The highest BCUT2D eigenvalue weighted by Gasteiger charge is 2.13. The number of imidazole rings is 1. The fourth-order valence-electron chi connectivity index (χ4n) is 1.58. The molecule has 1 aromatic heterocycles. The monoisotopic (exact) mass is 278 g/mol. The van der Waals surface area contributed by atoms with Gasteiger partial charge in [0.1, 0.15) is 5.84 Å². The molecule has 1 aromatic carbocycles. The summed E-state index contributed by atoms with van der Waals surface area (Å²) in [7, 11) is 1.95. The first-order valence-corrected chi connectivity index (χ1v) is 7.34. The minimum absolute atomic E-state index is 0.0941. The van der Waals surface area contributed by atoms with Gasteiger partial charge in [0.15, 0.2) is 5.16 Å². The molecule has 0 saturated carbocycles. The van der Waals surface area contributed by atoms with E-state index in [0.717, 1.165) is 20.5 Å². The molecule has 2 aromatic rings. The van der Waals surface area contributed by atoms with Gasteiger partial charge in [-0.3, -0.25) is 5.41 Å². The third-order valence-electron chi connectivity index (χ3n) is 2.46. The number of nitrogens with two attached hydrogens (primary N) is 1. The van der Waals surface area contributed by atoms with Crippen LogP contribution < -0.4 is 5.73 Å². The molecule has 0 radical (unpaired) electrons. The smallest absolute Gasteiger partial charge is 0.172 e. The molecule has 0 bridgehead atoms. The van der Waals surface area contributed by atoms with Gasteiger partial charge in [0, 0.05) is 34.8 Å². The van der Waals surface area contributed by atoms with Crippen LogP contribution in [0.15, 0.2) is 45.5 Å². The summed E-state index contributed by atoms with van der Waals surface area (Å²) in [5, 5.41) is 8.61. The van der Waals surface area contributed by atoms with Crippen LogP contribution in [-0.4, -0.2) is 21.6 Å². The van der Waals surface area contributed by atoms with Crippen molar-refractivity contribution in [3.63, 3.8) is 0 Å². The van der Waals surface area contributed by atoms with Crippen LogP contribution >= 0.6 is 23.5 Å². The highest BCUT2D eigenvalue weighted by Crippen LogP contribution is 2.33. The summed E-state index contributed by atoms with van der Waals surface area (Å²) in [5.74, 6) is 0.0941. The Bertz CT molecular complexity index is 577. The van der Waals surface area contributed by atoms with Gasteiger partial charge in [0.2, 0.25) is 0 Å². The van der Waals surface area contributed by atoms with Gasteiger partial charge in [-0.2, -0.15) is 0 Å². The van der Waals surface area contributed by atoms with E-state index in [9.17, 15) is 0 Å². The Balaban J connectivity index is 2.44. The number of hydrogen-bond donors (Lipinski definition) is 2. The summed E-state index contributed by atoms with van der Waals surface area (Å²) in [6.45, 7) is 0. The quantitative estimate of drug-likeness (QED) is 0.512. The van der Waals surface area contributed by atoms with Gasteiger partial charge < -0.3 is 10.3 Å². The number of nitrogen functional groups attached to an aromatic ring is 1. The standard InChI is InChI=1S/C12H14N4S2/c1-16-7-6-15-12(16)18-9-5-3-4-8(17-2)10(9)11(13)14/h3-7H,1-2H3,(H3,13,14). The third kappa shape index (κ3) is 2.54. The minimum atomic E-state index is 0.0941. The fraction of sp³-hybridized carbons (Fsp3) is 0.167. The fourth-order valence-corrected chi connectivity index (χ4v) is 3.27. The van der Waals surface area contributed by atoms with E-state index in [1.54, 1.807) is 18.0 Å². The van der Waals surface area contributed by atoms with Crippen molar-refractivity contribution in [1.29, 1.82) is 5.41 Å². The molecule has 0 aliphatic rings. The number of nitrogens with one attached hydrogen (secondary N) is 1. The minimum Gasteiger partial charge on any atom is -0.384 e. The van der Waals surface area contributed by atoms with Gasteiger partial charge in [-0.15, -0.1) is 11.8 Å². The van der Waals surface area contributed by atoms with Gasteiger partial charge in [0.05, 0.1) is 0 Å². The topological polar surface area (TPSA) is 67.7 Å². The lowest BCUT2D eigenvalue weighted by atomic mass is 10.2. The van der Waals surface area contributed by atoms with Gasteiger partial charge in [-0.05, 0) is 18.4 Å². The van der Waals surface area contributed by atoms with Crippen molar-refractivity contribution in [2.45, 2.75) is 14.9 Å². The molecule has 0 aliphatic carbocycles. The Kier molecular flexibility index (Phi) is 3.98. The normalized spacial score (nSPS) is 10.6. The molecule has 0 amide bonds. The summed E-state index contributed by atoms with van der Waals surface area (Å²) in [5.41, 5.74) is 6.48. The molecule has 0 spiro atoms. The Hall–Kier alpha value is -1.40. The highest BCUT2D eigenvalue weighted by atomic mass is 32.2. The van der Waals surface area contributed by atoms with E-state index < -0.39 is 0 Å². The number of nitrogens with zero attached hydrogens (tertiary/aromatic N) is 2. The molecule has 0 saturated heterocycles. The van der Waals surface area contributed by atoms with Crippen LogP contribution in [-0.2, 0) is 7.05 Å². The number of amidine groups is 1. The second-order valence-corrected chi connectivity index (χ2v) is 5.53. The van der Waals surface area contributed by atoms with E-state index in [-0.39, 0.29) is 5.84 Å². The number of aryl methyl sites for hydroxylation is 1. The van der Waals surface area contributed by atoms with E-state index >= 15 is 0 Å².